The van der Waals surface area contributed by atoms with Gasteiger partial charge >= 0.3 is 0 Å². The highest BCUT2D eigenvalue weighted by Crippen LogP contribution is 2.36. The molecule has 1 unspecified atom stereocenters. The molecule has 0 bridgehead atoms. The normalized spacial score (nSPS) is 22.9. The lowest BCUT2D eigenvalue weighted by molar-refractivity contribution is -0.138. The number of carbonyl (C=O) groups is 2. The first-order valence-corrected chi connectivity index (χ1v) is 13.0. The van der Waals surface area contributed by atoms with Gasteiger partial charge < -0.3 is 15.0 Å². The maximum absolute atomic E-state index is 13.9. The van der Waals surface area contributed by atoms with Crippen LogP contribution in [-0.2, 0) is 27.3 Å². The molecule has 3 aliphatic rings. The molecule has 1 aromatic rings. The average Bonchev–Trinajstić information content (AvgIpc) is 3.65. The Bertz CT molecular complexity index is 951. The van der Waals surface area contributed by atoms with E-state index < -0.39 is 0 Å². The fourth-order valence-electron chi connectivity index (χ4n) is 5.09. The molecule has 2 fully saturated rings. The number of allylic oxidation sites excluding steroid dienone is 4. The number of hydrogen-bond acceptors (Lipinski definition) is 4. The summed E-state index contributed by atoms with van der Waals surface area (Å²) in [7, 11) is 1.74. The second kappa shape index (κ2) is 11.1. The van der Waals surface area contributed by atoms with Crippen molar-refractivity contribution in [2.75, 3.05) is 26.8 Å². The molecule has 1 N–H and O–H groups in total. The standard InChI is InChI=1S/C27H35BrN2O3/c1-18-20(6-4-12-33-2)13-19(14-26(18)28)17-30(22-8-9-22)27(32)25-16-29-11-10-24(25)21-5-3-7-23(31)15-21/h3,5,13-15,22,24-25,29H,4,6-12,16-17H2,1-2H3/t24?,25-/m0/s1. The highest BCUT2D eigenvalue weighted by atomic mass is 79.9. The Morgan fingerprint density at radius 3 is 2.82 bits per heavy atom. The largest absolute Gasteiger partial charge is 0.385 e. The number of ether oxygens (including phenoxy) is 1. The lowest BCUT2D eigenvalue weighted by Gasteiger charge is -2.36. The number of piperidine rings is 1. The molecule has 1 aliphatic heterocycles. The van der Waals surface area contributed by atoms with Crippen LogP contribution in [0, 0.1) is 18.8 Å². The van der Waals surface area contributed by atoms with E-state index in [1.165, 1.54) is 16.7 Å². The molecule has 1 saturated heterocycles. The van der Waals surface area contributed by atoms with E-state index in [0.29, 0.717) is 25.6 Å². The summed E-state index contributed by atoms with van der Waals surface area (Å²) in [6, 6.07) is 4.76. The van der Waals surface area contributed by atoms with Crippen LogP contribution in [0.1, 0.15) is 48.8 Å². The van der Waals surface area contributed by atoms with Crippen molar-refractivity contribution < 1.29 is 14.3 Å². The predicted octanol–water partition coefficient (Wildman–Crippen LogP) is 4.51. The van der Waals surface area contributed by atoms with Gasteiger partial charge in [-0.1, -0.05) is 34.1 Å². The van der Waals surface area contributed by atoms with Gasteiger partial charge in [-0.2, -0.15) is 0 Å². The van der Waals surface area contributed by atoms with E-state index >= 15 is 0 Å². The number of methoxy groups -OCH3 is 1. The molecule has 1 aromatic carbocycles. The summed E-state index contributed by atoms with van der Waals surface area (Å²) < 4.78 is 6.33. The summed E-state index contributed by atoms with van der Waals surface area (Å²) in [5, 5.41) is 3.43. The van der Waals surface area contributed by atoms with Crippen LogP contribution < -0.4 is 5.32 Å². The first-order chi connectivity index (χ1) is 16.0. The zero-order chi connectivity index (χ0) is 23.4. The fraction of sp³-hybridized carbons (Fsp3) is 0.556. The number of nitrogens with one attached hydrogen (secondary N) is 1. The Labute approximate surface area is 205 Å². The molecule has 1 heterocycles. The van der Waals surface area contributed by atoms with Gasteiger partial charge in [-0.25, -0.2) is 0 Å². The van der Waals surface area contributed by atoms with Crippen molar-refractivity contribution in [2.45, 2.75) is 58.0 Å². The Morgan fingerprint density at radius 1 is 1.27 bits per heavy atom. The van der Waals surface area contributed by atoms with Gasteiger partial charge in [-0.05, 0) is 85.9 Å². The molecule has 1 amide bonds. The maximum Gasteiger partial charge on any atom is 0.228 e. The number of ketones is 1. The monoisotopic (exact) mass is 514 g/mol. The van der Waals surface area contributed by atoms with Crippen molar-refractivity contribution in [1.82, 2.24) is 10.2 Å². The molecular weight excluding hydrogens is 480 g/mol. The molecule has 6 heteroatoms. The van der Waals surface area contributed by atoms with Gasteiger partial charge in [0.1, 0.15) is 0 Å². The second-order valence-electron chi connectivity index (χ2n) is 9.58. The molecule has 0 radical (unpaired) electrons. The summed E-state index contributed by atoms with van der Waals surface area (Å²) in [5.41, 5.74) is 4.78. The van der Waals surface area contributed by atoms with Crippen molar-refractivity contribution in [3.05, 3.63) is 57.1 Å². The van der Waals surface area contributed by atoms with Crippen LogP contribution in [-0.4, -0.2) is 49.4 Å². The van der Waals surface area contributed by atoms with Gasteiger partial charge in [-0.3, -0.25) is 9.59 Å². The number of carbonyl (C=O) groups excluding carboxylic acids is 2. The highest BCUT2D eigenvalue weighted by molar-refractivity contribution is 9.10. The molecule has 33 heavy (non-hydrogen) atoms. The molecule has 4 rings (SSSR count). The number of nitrogens with zero attached hydrogens (tertiary/aromatic N) is 1. The Kier molecular flexibility index (Phi) is 8.20. The molecule has 2 aliphatic carbocycles. The van der Waals surface area contributed by atoms with E-state index in [4.69, 9.17) is 4.74 Å². The third-order valence-electron chi connectivity index (χ3n) is 7.11. The summed E-state index contributed by atoms with van der Waals surface area (Å²) in [6.45, 7) is 5.08. The van der Waals surface area contributed by atoms with Crippen molar-refractivity contribution in [3.8, 4) is 0 Å². The Morgan fingerprint density at radius 2 is 2.09 bits per heavy atom. The summed E-state index contributed by atoms with van der Waals surface area (Å²) in [5.74, 6) is 0.340. The molecule has 178 valence electrons. The topological polar surface area (TPSA) is 58.6 Å². The van der Waals surface area contributed by atoms with Crippen LogP contribution in [0.25, 0.3) is 0 Å². The molecule has 2 atom stereocenters. The minimum absolute atomic E-state index is 0.106. The quantitative estimate of drug-likeness (QED) is 0.492. The number of halogens is 1. The number of rotatable bonds is 9. The van der Waals surface area contributed by atoms with Gasteiger partial charge in [0.25, 0.3) is 0 Å². The highest BCUT2D eigenvalue weighted by Gasteiger charge is 2.40. The van der Waals surface area contributed by atoms with E-state index in [2.05, 4.69) is 51.3 Å². The van der Waals surface area contributed by atoms with Gasteiger partial charge in [0, 0.05) is 43.7 Å². The lowest BCUT2D eigenvalue weighted by atomic mass is 9.78. The number of amides is 1. The Balaban J connectivity index is 1.54. The minimum Gasteiger partial charge on any atom is -0.385 e. The second-order valence-corrected chi connectivity index (χ2v) is 10.4. The van der Waals surface area contributed by atoms with E-state index in [0.717, 1.165) is 55.3 Å². The van der Waals surface area contributed by atoms with Crippen LogP contribution in [0.3, 0.4) is 0 Å². The fourth-order valence-corrected chi connectivity index (χ4v) is 5.64. The van der Waals surface area contributed by atoms with Crippen LogP contribution in [0.15, 0.2) is 40.4 Å². The molecule has 0 spiro atoms. The molecule has 0 aromatic heterocycles. The SMILES string of the molecule is COCCCc1cc(CN(C(=O)[C@H]2CNCCC2C2=CC(=O)CC=C2)C2CC2)cc(Br)c1C. The van der Waals surface area contributed by atoms with Crippen LogP contribution in [0.5, 0.6) is 0 Å². The van der Waals surface area contributed by atoms with Gasteiger partial charge in [0.2, 0.25) is 5.91 Å². The van der Waals surface area contributed by atoms with E-state index in [1.807, 2.05) is 6.08 Å². The number of benzene rings is 1. The van der Waals surface area contributed by atoms with Crippen LogP contribution >= 0.6 is 15.9 Å². The number of hydrogen-bond donors (Lipinski definition) is 1. The van der Waals surface area contributed by atoms with Gasteiger partial charge in [0.15, 0.2) is 5.78 Å². The van der Waals surface area contributed by atoms with Crippen molar-refractivity contribution in [3.63, 3.8) is 0 Å². The molecule has 5 nitrogen and oxygen atoms in total. The summed E-state index contributed by atoms with van der Waals surface area (Å²) in [4.78, 5) is 28.0. The summed E-state index contributed by atoms with van der Waals surface area (Å²) >= 11 is 3.74. The van der Waals surface area contributed by atoms with Crippen LogP contribution in [0.2, 0.25) is 0 Å². The van der Waals surface area contributed by atoms with Crippen molar-refractivity contribution >= 4 is 27.6 Å². The van der Waals surface area contributed by atoms with Crippen LogP contribution in [0.4, 0.5) is 0 Å². The minimum atomic E-state index is -0.129. The molecular formula is C27H35BrN2O3. The molecule has 1 saturated carbocycles. The smallest absolute Gasteiger partial charge is 0.228 e. The third kappa shape index (κ3) is 6.03. The van der Waals surface area contributed by atoms with E-state index in [9.17, 15) is 9.59 Å². The first-order valence-electron chi connectivity index (χ1n) is 12.2. The predicted molar refractivity (Wildman–Crippen MR) is 134 cm³/mol. The zero-order valence-corrected chi connectivity index (χ0v) is 21.3. The summed E-state index contributed by atoms with van der Waals surface area (Å²) in [6.07, 6.45) is 11.2. The third-order valence-corrected chi connectivity index (χ3v) is 7.94. The van der Waals surface area contributed by atoms with E-state index in [1.54, 1.807) is 13.2 Å². The maximum atomic E-state index is 13.9. The Hall–Kier alpha value is -1.76. The lowest BCUT2D eigenvalue weighted by Crippen LogP contribution is -2.48. The number of aryl methyl sites for hydroxylation is 1. The van der Waals surface area contributed by atoms with Gasteiger partial charge in [0.05, 0.1) is 5.92 Å². The van der Waals surface area contributed by atoms with Crippen molar-refractivity contribution in [1.29, 1.82) is 0 Å². The van der Waals surface area contributed by atoms with Gasteiger partial charge in [-0.15, -0.1) is 0 Å². The first kappa shape index (κ1) is 24.4. The van der Waals surface area contributed by atoms with Crippen molar-refractivity contribution in [2.24, 2.45) is 11.8 Å². The average molecular weight is 515 g/mol. The van der Waals surface area contributed by atoms with E-state index in [-0.39, 0.29) is 23.5 Å². The zero-order valence-electron chi connectivity index (χ0n) is 19.7.